The van der Waals surface area contributed by atoms with Gasteiger partial charge in [0.05, 0.1) is 6.17 Å². The van der Waals surface area contributed by atoms with Crippen LogP contribution in [-0.2, 0) is 0 Å². The molecule has 0 aromatic carbocycles. The third kappa shape index (κ3) is 4.04. The van der Waals surface area contributed by atoms with Gasteiger partial charge in [-0.15, -0.1) is 0 Å². The normalized spacial score (nSPS) is 14.2. The molecule has 0 saturated carbocycles. The third-order valence-corrected chi connectivity index (χ3v) is 2.14. The van der Waals surface area contributed by atoms with Gasteiger partial charge in [0.15, 0.2) is 0 Å². The highest BCUT2D eigenvalue weighted by Gasteiger charge is 2.13. The Balaban J connectivity index is 3.77. The van der Waals surface area contributed by atoms with Crippen molar-refractivity contribution in [1.82, 2.24) is 9.80 Å². The molecule has 0 amide bonds. The molecule has 12 heavy (non-hydrogen) atoms. The van der Waals surface area contributed by atoms with Crippen molar-refractivity contribution in [2.75, 3.05) is 34.3 Å². The molecule has 0 aliphatic heterocycles. The van der Waals surface area contributed by atoms with Gasteiger partial charge in [-0.25, -0.2) is 0 Å². The van der Waals surface area contributed by atoms with Crippen molar-refractivity contribution in [1.29, 1.82) is 0 Å². The van der Waals surface area contributed by atoms with Crippen LogP contribution in [0.25, 0.3) is 0 Å². The summed E-state index contributed by atoms with van der Waals surface area (Å²) in [6.45, 7) is 3.43. The van der Waals surface area contributed by atoms with Gasteiger partial charge in [-0.2, -0.15) is 0 Å². The second-order valence-corrected chi connectivity index (χ2v) is 3.41. The topological polar surface area (TPSA) is 26.7 Å². The van der Waals surface area contributed by atoms with E-state index in [-0.39, 0.29) is 6.61 Å². The van der Waals surface area contributed by atoms with E-state index in [9.17, 15) is 0 Å². The molecule has 3 nitrogen and oxygen atoms in total. The largest absolute Gasteiger partial charge is 0.396 e. The fourth-order valence-corrected chi connectivity index (χ4v) is 1.54. The molecule has 0 radical (unpaired) electrons. The van der Waals surface area contributed by atoms with Crippen molar-refractivity contribution in [2.45, 2.75) is 25.9 Å². The van der Waals surface area contributed by atoms with Gasteiger partial charge in [0.2, 0.25) is 0 Å². The van der Waals surface area contributed by atoms with E-state index in [1.807, 2.05) is 0 Å². The second-order valence-electron chi connectivity index (χ2n) is 3.41. The highest BCUT2D eigenvalue weighted by molar-refractivity contribution is 4.63. The fraction of sp³-hybridized carbons (Fsp3) is 1.00. The number of aliphatic hydroxyl groups is 1. The van der Waals surface area contributed by atoms with Crippen LogP contribution in [0.3, 0.4) is 0 Å². The zero-order valence-corrected chi connectivity index (χ0v) is 8.75. The van der Waals surface area contributed by atoms with Gasteiger partial charge >= 0.3 is 0 Å². The van der Waals surface area contributed by atoms with Crippen LogP contribution < -0.4 is 0 Å². The van der Waals surface area contributed by atoms with E-state index in [1.54, 1.807) is 0 Å². The summed E-state index contributed by atoms with van der Waals surface area (Å²) in [4.78, 5) is 4.48. The average Bonchev–Trinajstić information content (AvgIpc) is 2.01. The molecule has 0 rings (SSSR count). The van der Waals surface area contributed by atoms with Crippen molar-refractivity contribution in [3.63, 3.8) is 0 Å². The van der Waals surface area contributed by atoms with Gasteiger partial charge in [0, 0.05) is 13.2 Å². The summed E-state index contributed by atoms with van der Waals surface area (Å²) in [5.74, 6) is 0. The molecule has 0 aromatic heterocycles. The molecule has 1 atom stereocenters. The van der Waals surface area contributed by atoms with Crippen molar-refractivity contribution in [3.8, 4) is 0 Å². The Morgan fingerprint density at radius 3 is 2.17 bits per heavy atom. The van der Waals surface area contributed by atoms with Gasteiger partial charge in [0.25, 0.3) is 0 Å². The Kier molecular flexibility index (Phi) is 6.34. The van der Waals surface area contributed by atoms with E-state index in [2.05, 4.69) is 37.9 Å². The molecule has 0 saturated heterocycles. The minimum Gasteiger partial charge on any atom is -0.396 e. The number of hydrogen-bond acceptors (Lipinski definition) is 3. The summed E-state index contributed by atoms with van der Waals surface area (Å²) < 4.78 is 0. The van der Waals surface area contributed by atoms with Gasteiger partial charge < -0.3 is 5.11 Å². The van der Waals surface area contributed by atoms with Crippen molar-refractivity contribution in [3.05, 3.63) is 0 Å². The highest BCUT2D eigenvalue weighted by Crippen LogP contribution is 2.04. The van der Waals surface area contributed by atoms with Gasteiger partial charge in [0.1, 0.15) is 0 Å². The molecule has 0 aliphatic rings. The van der Waals surface area contributed by atoms with Gasteiger partial charge in [-0.3, -0.25) is 9.80 Å². The molecule has 0 aliphatic carbocycles. The first-order valence-corrected chi connectivity index (χ1v) is 4.61. The maximum atomic E-state index is 8.67. The van der Waals surface area contributed by atoms with E-state index in [0.717, 1.165) is 19.4 Å². The summed E-state index contributed by atoms with van der Waals surface area (Å²) in [6, 6.07) is 0. The van der Waals surface area contributed by atoms with E-state index in [1.165, 1.54) is 0 Å². The number of hydrogen-bond donors (Lipinski definition) is 1. The van der Waals surface area contributed by atoms with E-state index in [0.29, 0.717) is 6.17 Å². The van der Waals surface area contributed by atoms with Crippen molar-refractivity contribution >= 4 is 0 Å². The molecule has 1 N–H and O–H groups in total. The lowest BCUT2D eigenvalue weighted by atomic mass is 10.3. The standard InChI is InChI=1S/C9H22N2O/c1-5-9(10(2)3)11(4)7-6-8-12/h9,12H,5-8H2,1-4H3. The maximum absolute atomic E-state index is 8.67. The molecule has 0 aromatic rings. The monoisotopic (exact) mass is 174 g/mol. The molecule has 1 unspecified atom stereocenters. The number of aliphatic hydroxyl groups excluding tert-OH is 1. The van der Waals surface area contributed by atoms with Crippen LogP contribution in [-0.4, -0.2) is 55.4 Å². The third-order valence-electron chi connectivity index (χ3n) is 2.14. The van der Waals surface area contributed by atoms with Crippen molar-refractivity contribution < 1.29 is 5.11 Å². The van der Waals surface area contributed by atoms with Crippen molar-refractivity contribution in [2.24, 2.45) is 0 Å². The smallest absolute Gasteiger partial charge is 0.0612 e. The Morgan fingerprint density at radius 1 is 1.25 bits per heavy atom. The van der Waals surface area contributed by atoms with Crippen LogP contribution in [0.1, 0.15) is 19.8 Å². The molecule has 0 spiro atoms. The zero-order valence-electron chi connectivity index (χ0n) is 8.75. The summed E-state index contributed by atoms with van der Waals surface area (Å²) >= 11 is 0. The number of rotatable bonds is 6. The van der Waals surface area contributed by atoms with Crippen LogP contribution in [0.2, 0.25) is 0 Å². The molecular formula is C9H22N2O. The molecule has 0 bridgehead atoms. The summed E-state index contributed by atoms with van der Waals surface area (Å²) in [5, 5.41) is 8.67. The Hall–Kier alpha value is -0.120. The van der Waals surface area contributed by atoms with Crippen LogP contribution in [0.4, 0.5) is 0 Å². The summed E-state index contributed by atoms with van der Waals surface area (Å²) in [5.41, 5.74) is 0. The van der Waals surface area contributed by atoms with E-state index < -0.39 is 0 Å². The van der Waals surface area contributed by atoms with Gasteiger partial charge in [-0.05, 0) is 34.0 Å². The lowest BCUT2D eigenvalue weighted by Crippen LogP contribution is -2.42. The molecule has 0 fully saturated rings. The summed E-state index contributed by atoms with van der Waals surface area (Å²) in [7, 11) is 6.27. The Labute approximate surface area is 76.0 Å². The van der Waals surface area contributed by atoms with Crippen LogP contribution in [0, 0.1) is 0 Å². The molecule has 3 heteroatoms. The fourth-order valence-electron chi connectivity index (χ4n) is 1.54. The predicted molar refractivity (Wildman–Crippen MR) is 52.1 cm³/mol. The lowest BCUT2D eigenvalue weighted by molar-refractivity contribution is 0.0935. The van der Waals surface area contributed by atoms with Crippen LogP contribution in [0.5, 0.6) is 0 Å². The number of nitrogens with zero attached hydrogens (tertiary/aromatic N) is 2. The van der Waals surface area contributed by atoms with E-state index in [4.69, 9.17) is 5.11 Å². The predicted octanol–water partition coefficient (Wildman–Crippen LogP) is 0.598. The SMILES string of the molecule is CCC(N(C)C)N(C)CCCO. The van der Waals surface area contributed by atoms with Crippen LogP contribution >= 0.6 is 0 Å². The molecule has 0 heterocycles. The quantitative estimate of drug-likeness (QED) is 0.597. The first-order valence-electron chi connectivity index (χ1n) is 4.61. The second kappa shape index (κ2) is 6.40. The first kappa shape index (κ1) is 11.9. The minimum absolute atomic E-state index is 0.286. The molecule has 74 valence electrons. The Morgan fingerprint density at radius 2 is 1.83 bits per heavy atom. The van der Waals surface area contributed by atoms with E-state index >= 15 is 0 Å². The maximum Gasteiger partial charge on any atom is 0.0612 e. The highest BCUT2D eigenvalue weighted by atomic mass is 16.3. The van der Waals surface area contributed by atoms with Crippen LogP contribution in [0.15, 0.2) is 0 Å². The average molecular weight is 174 g/mol. The minimum atomic E-state index is 0.286. The molecular weight excluding hydrogens is 152 g/mol. The first-order chi connectivity index (χ1) is 5.63. The lowest BCUT2D eigenvalue weighted by Gasteiger charge is -2.32. The zero-order chi connectivity index (χ0) is 9.56. The Bertz CT molecular complexity index is 107. The summed E-state index contributed by atoms with van der Waals surface area (Å²) in [6.07, 6.45) is 2.48. The van der Waals surface area contributed by atoms with Gasteiger partial charge in [-0.1, -0.05) is 6.92 Å².